The van der Waals surface area contributed by atoms with Crippen molar-refractivity contribution >= 4 is 5.69 Å². The number of fused-ring (bicyclic) bond motifs is 1. The van der Waals surface area contributed by atoms with Gasteiger partial charge in [0.1, 0.15) is 5.82 Å². The quantitative estimate of drug-likeness (QED) is 0.877. The molecule has 0 saturated carbocycles. The van der Waals surface area contributed by atoms with E-state index in [9.17, 15) is 4.39 Å². The molecule has 1 N–H and O–H groups in total. The summed E-state index contributed by atoms with van der Waals surface area (Å²) in [5.41, 5.74) is 3.97. The van der Waals surface area contributed by atoms with Crippen LogP contribution in [0.3, 0.4) is 0 Å². The van der Waals surface area contributed by atoms with Crippen LogP contribution in [0, 0.1) is 12.7 Å². The Balaban J connectivity index is 1.90. The van der Waals surface area contributed by atoms with Crippen LogP contribution in [-0.4, -0.2) is 4.98 Å². The Morgan fingerprint density at radius 1 is 1.32 bits per heavy atom. The van der Waals surface area contributed by atoms with E-state index in [4.69, 9.17) is 0 Å². The topological polar surface area (TPSA) is 24.9 Å². The summed E-state index contributed by atoms with van der Waals surface area (Å²) < 4.78 is 13.8. The zero-order valence-electron chi connectivity index (χ0n) is 11.0. The Kier molecular flexibility index (Phi) is 3.20. The lowest BCUT2D eigenvalue weighted by molar-refractivity contribution is 0.573. The number of pyridine rings is 1. The molecule has 98 valence electrons. The molecule has 1 aromatic heterocycles. The van der Waals surface area contributed by atoms with Gasteiger partial charge < -0.3 is 5.32 Å². The van der Waals surface area contributed by atoms with Crippen molar-refractivity contribution in [3.05, 3.63) is 59.2 Å². The maximum Gasteiger partial charge on any atom is 0.146 e. The van der Waals surface area contributed by atoms with Gasteiger partial charge in [-0.3, -0.25) is 4.98 Å². The molecular formula is C16H17FN2. The number of hydrogen-bond donors (Lipinski definition) is 1. The highest BCUT2D eigenvalue weighted by Crippen LogP contribution is 2.31. The third-order valence-electron chi connectivity index (χ3n) is 3.65. The van der Waals surface area contributed by atoms with E-state index in [1.807, 2.05) is 25.3 Å². The van der Waals surface area contributed by atoms with Crippen LogP contribution in [0.25, 0.3) is 0 Å². The predicted octanol–water partition coefficient (Wildman–Crippen LogP) is 4.02. The molecule has 0 saturated heterocycles. The minimum Gasteiger partial charge on any atom is -0.374 e. The third-order valence-corrected chi connectivity index (χ3v) is 3.65. The molecule has 1 heterocycles. The summed E-state index contributed by atoms with van der Waals surface area (Å²) in [5.74, 6) is -0.200. The molecule has 2 nitrogen and oxygen atoms in total. The molecule has 1 aliphatic rings. The van der Waals surface area contributed by atoms with Gasteiger partial charge in [-0.15, -0.1) is 0 Å². The largest absolute Gasteiger partial charge is 0.374 e. The first-order valence-electron chi connectivity index (χ1n) is 6.70. The molecule has 0 radical (unpaired) electrons. The third kappa shape index (κ3) is 2.46. The van der Waals surface area contributed by atoms with Crippen molar-refractivity contribution in [2.45, 2.75) is 32.2 Å². The molecule has 1 atom stereocenters. The van der Waals surface area contributed by atoms with Crippen molar-refractivity contribution in [2.24, 2.45) is 0 Å². The van der Waals surface area contributed by atoms with Gasteiger partial charge in [-0.1, -0.05) is 12.1 Å². The second-order valence-electron chi connectivity index (χ2n) is 5.12. The summed E-state index contributed by atoms with van der Waals surface area (Å²) in [6, 6.07) is 9.35. The van der Waals surface area contributed by atoms with Gasteiger partial charge in [0.2, 0.25) is 0 Å². The number of aromatic nitrogens is 1. The van der Waals surface area contributed by atoms with Crippen LogP contribution in [-0.2, 0) is 6.42 Å². The van der Waals surface area contributed by atoms with Gasteiger partial charge >= 0.3 is 0 Å². The number of halogens is 1. The molecule has 0 amide bonds. The van der Waals surface area contributed by atoms with Crippen LogP contribution < -0.4 is 5.32 Å². The second kappa shape index (κ2) is 5.00. The Morgan fingerprint density at radius 3 is 3.11 bits per heavy atom. The van der Waals surface area contributed by atoms with Gasteiger partial charge in [-0.05, 0) is 55.5 Å². The van der Waals surface area contributed by atoms with Gasteiger partial charge in [-0.2, -0.15) is 0 Å². The van der Waals surface area contributed by atoms with Crippen LogP contribution in [0.4, 0.5) is 10.1 Å². The highest BCUT2D eigenvalue weighted by atomic mass is 19.1. The number of anilines is 1. The minimum atomic E-state index is -0.200. The van der Waals surface area contributed by atoms with Crippen molar-refractivity contribution in [1.82, 2.24) is 4.98 Å². The number of hydrogen-bond acceptors (Lipinski definition) is 2. The smallest absolute Gasteiger partial charge is 0.146 e. The van der Waals surface area contributed by atoms with Crippen molar-refractivity contribution < 1.29 is 4.39 Å². The zero-order chi connectivity index (χ0) is 13.2. The highest BCUT2D eigenvalue weighted by Gasteiger charge is 2.21. The molecule has 1 aromatic carbocycles. The lowest BCUT2D eigenvalue weighted by Crippen LogP contribution is -2.19. The fraction of sp³-hybridized carbons (Fsp3) is 0.312. The van der Waals surface area contributed by atoms with Gasteiger partial charge in [0.05, 0.1) is 17.4 Å². The van der Waals surface area contributed by atoms with E-state index in [0.717, 1.165) is 30.5 Å². The van der Waals surface area contributed by atoms with Gasteiger partial charge in [0.15, 0.2) is 0 Å². The summed E-state index contributed by atoms with van der Waals surface area (Å²) in [6.45, 7) is 1.97. The minimum absolute atomic E-state index is 0.112. The molecule has 0 fully saturated rings. The molecule has 0 aliphatic heterocycles. The lowest BCUT2D eigenvalue weighted by Gasteiger charge is -2.26. The standard InChI is InChI=1S/C16H17FN2/c1-11-7-8-13(17)15(10-11)19-14-6-2-4-12-5-3-9-18-16(12)14/h3,5,7-10,14,19H,2,4,6H2,1H3. The van der Waals surface area contributed by atoms with Gasteiger partial charge in [0, 0.05) is 6.20 Å². The molecule has 1 unspecified atom stereocenters. The molecule has 2 aromatic rings. The Labute approximate surface area is 112 Å². The van der Waals surface area contributed by atoms with Gasteiger partial charge in [-0.25, -0.2) is 4.39 Å². The number of rotatable bonds is 2. The number of nitrogens with one attached hydrogen (secondary N) is 1. The maximum absolute atomic E-state index is 13.8. The lowest BCUT2D eigenvalue weighted by atomic mass is 9.91. The van der Waals surface area contributed by atoms with E-state index in [1.165, 1.54) is 11.6 Å². The van der Waals surface area contributed by atoms with Crippen LogP contribution >= 0.6 is 0 Å². The number of aryl methyl sites for hydroxylation is 2. The molecule has 19 heavy (non-hydrogen) atoms. The van der Waals surface area contributed by atoms with Crippen molar-refractivity contribution in [3.63, 3.8) is 0 Å². The van der Waals surface area contributed by atoms with E-state index in [-0.39, 0.29) is 11.9 Å². The molecule has 3 heteroatoms. The second-order valence-corrected chi connectivity index (χ2v) is 5.12. The predicted molar refractivity (Wildman–Crippen MR) is 74.7 cm³/mol. The van der Waals surface area contributed by atoms with Crippen molar-refractivity contribution in [2.75, 3.05) is 5.32 Å². The summed E-state index contributed by atoms with van der Waals surface area (Å²) in [6.07, 6.45) is 4.99. The Morgan fingerprint density at radius 2 is 2.21 bits per heavy atom. The van der Waals surface area contributed by atoms with E-state index in [1.54, 1.807) is 6.07 Å². The van der Waals surface area contributed by atoms with Crippen molar-refractivity contribution in [3.8, 4) is 0 Å². The summed E-state index contributed by atoms with van der Waals surface area (Å²) in [5, 5.41) is 3.31. The fourth-order valence-corrected chi connectivity index (χ4v) is 2.69. The van der Waals surface area contributed by atoms with Crippen LogP contribution in [0.5, 0.6) is 0 Å². The molecule has 0 bridgehead atoms. The van der Waals surface area contributed by atoms with Crippen LogP contribution in [0.1, 0.15) is 35.7 Å². The van der Waals surface area contributed by atoms with Crippen LogP contribution in [0.2, 0.25) is 0 Å². The number of benzene rings is 1. The zero-order valence-corrected chi connectivity index (χ0v) is 11.0. The highest BCUT2D eigenvalue weighted by molar-refractivity contribution is 5.49. The fourth-order valence-electron chi connectivity index (χ4n) is 2.69. The molecular weight excluding hydrogens is 239 g/mol. The normalized spacial score (nSPS) is 17.9. The average Bonchev–Trinajstić information content (AvgIpc) is 2.43. The SMILES string of the molecule is Cc1ccc(F)c(NC2CCCc3cccnc32)c1. The monoisotopic (exact) mass is 256 g/mol. The Bertz CT molecular complexity index is 595. The molecule has 1 aliphatic carbocycles. The summed E-state index contributed by atoms with van der Waals surface area (Å²) in [4.78, 5) is 4.46. The van der Waals surface area contributed by atoms with E-state index in [0.29, 0.717) is 5.69 Å². The maximum atomic E-state index is 13.8. The van der Waals surface area contributed by atoms with Crippen molar-refractivity contribution in [1.29, 1.82) is 0 Å². The first kappa shape index (κ1) is 12.2. The average molecular weight is 256 g/mol. The summed E-state index contributed by atoms with van der Waals surface area (Å²) in [7, 11) is 0. The number of nitrogens with zero attached hydrogens (tertiary/aromatic N) is 1. The molecule has 3 rings (SSSR count). The van der Waals surface area contributed by atoms with Crippen LogP contribution in [0.15, 0.2) is 36.5 Å². The summed E-state index contributed by atoms with van der Waals surface area (Å²) >= 11 is 0. The van der Waals surface area contributed by atoms with Gasteiger partial charge in [0.25, 0.3) is 0 Å². The molecule has 0 spiro atoms. The van der Waals surface area contributed by atoms with E-state index >= 15 is 0 Å². The first-order valence-corrected chi connectivity index (χ1v) is 6.70. The first-order chi connectivity index (χ1) is 9.24. The van der Waals surface area contributed by atoms with E-state index in [2.05, 4.69) is 16.4 Å². The Hall–Kier alpha value is -1.90. The van der Waals surface area contributed by atoms with E-state index < -0.39 is 0 Å².